The summed E-state index contributed by atoms with van der Waals surface area (Å²) < 4.78 is 0. The molecule has 1 fully saturated rings. The van der Waals surface area contributed by atoms with Gasteiger partial charge >= 0.3 is 0 Å². The summed E-state index contributed by atoms with van der Waals surface area (Å²) in [6.07, 6.45) is 1.02. The number of nitrogens with zero attached hydrogens (tertiary/aromatic N) is 3. The molecule has 1 saturated heterocycles. The lowest BCUT2D eigenvalue weighted by Crippen LogP contribution is -2.50. The molecule has 0 N–H and O–H groups in total. The molecule has 3 nitrogen and oxygen atoms in total. The Morgan fingerprint density at radius 2 is 2.05 bits per heavy atom. The summed E-state index contributed by atoms with van der Waals surface area (Å²) in [4.78, 5) is 9.74. The second-order valence-corrected chi connectivity index (χ2v) is 5.99. The Kier molecular flexibility index (Phi) is 4.46. The van der Waals surface area contributed by atoms with Gasteiger partial charge in [0.25, 0.3) is 0 Å². The van der Waals surface area contributed by atoms with Gasteiger partial charge in [-0.05, 0) is 37.9 Å². The van der Waals surface area contributed by atoms with Gasteiger partial charge in [-0.1, -0.05) is 26.8 Å². The Labute approximate surface area is 117 Å². The molecule has 0 spiro atoms. The van der Waals surface area contributed by atoms with Crippen LogP contribution in [0.15, 0.2) is 12.1 Å². The number of hydrogen-bond acceptors (Lipinski definition) is 3. The molecule has 1 aromatic rings. The normalized spacial score (nSPS) is 21.2. The maximum absolute atomic E-state index is 4.90. The highest BCUT2D eigenvalue weighted by atomic mass is 15.3. The average Bonchev–Trinajstić information content (AvgIpc) is 2.41. The summed E-state index contributed by atoms with van der Waals surface area (Å²) >= 11 is 0. The van der Waals surface area contributed by atoms with E-state index in [1.807, 2.05) is 0 Å². The molecule has 0 radical (unpaired) electrons. The van der Waals surface area contributed by atoms with Crippen molar-refractivity contribution in [3.05, 3.63) is 23.4 Å². The SMILES string of the molecule is CCc1nc(N2CCN(C)C(C)C2)ccc1C(C)C. The summed E-state index contributed by atoms with van der Waals surface area (Å²) in [6.45, 7) is 12.3. The molecular weight excluding hydrogens is 234 g/mol. The lowest BCUT2D eigenvalue weighted by molar-refractivity contribution is 0.233. The zero-order chi connectivity index (χ0) is 14.0. The smallest absolute Gasteiger partial charge is 0.128 e. The van der Waals surface area contributed by atoms with Gasteiger partial charge in [-0.15, -0.1) is 0 Å². The second kappa shape index (κ2) is 5.91. The van der Waals surface area contributed by atoms with Crippen LogP contribution in [0.1, 0.15) is 44.9 Å². The van der Waals surface area contributed by atoms with Crippen molar-refractivity contribution in [2.75, 3.05) is 31.6 Å². The summed E-state index contributed by atoms with van der Waals surface area (Å²) in [5.74, 6) is 1.71. The predicted octanol–water partition coefficient (Wildman–Crippen LogP) is 2.91. The molecule has 1 aromatic heterocycles. The van der Waals surface area contributed by atoms with Gasteiger partial charge in [0.1, 0.15) is 5.82 Å². The highest BCUT2D eigenvalue weighted by Gasteiger charge is 2.22. The first-order valence-corrected chi connectivity index (χ1v) is 7.48. The van der Waals surface area contributed by atoms with Crippen molar-refractivity contribution in [2.45, 2.75) is 46.1 Å². The van der Waals surface area contributed by atoms with Crippen molar-refractivity contribution in [3.63, 3.8) is 0 Å². The highest BCUT2D eigenvalue weighted by molar-refractivity contribution is 5.43. The van der Waals surface area contributed by atoms with E-state index in [0.717, 1.165) is 31.9 Å². The van der Waals surface area contributed by atoms with E-state index in [4.69, 9.17) is 4.98 Å². The summed E-state index contributed by atoms with van der Waals surface area (Å²) in [7, 11) is 2.20. The second-order valence-electron chi connectivity index (χ2n) is 5.99. The standard InChI is InChI=1S/C16H27N3/c1-6-15-14(12(2)3)7-8-16(17-15)19-10-9-18(5)13(4)11-19/h7-8,12-13H,6,9-11H2,1-5H3. The molecule has 1 aliphatic heterocycles. The number of hydrogen-bond donors (Lipinski definition) is 0. The molecule has 0 amide bonds. The Morgan fingerprint density at radius 3 is 2.63 bits per heavy atom. The van der Waals surface area contributed by atoms with Crippen molar-refractivity contribution in [1.29, 1.82) is 0 Å². The van der Waals surface area contributed by atoms with Crippen LogP contribution >= 0.6 is 0 Å². The third kappa shape index (κ3) is 3.08. The molecular formula is C16H27N3. The van der Waals surface area contributed by atoms with Crippen LogP contribution in [0.5, 0.6) is 0 Å². The molecule has 0 bridgehead atoms. The Bertz CT molecular complexity index is 428. The van der Waals surface area contributed by atoms with Crippen molar-refractivity contribution in [2.24, 2.45) is 0 Å². The highest BCUT2D eigenvalue weighted by Crippen LogP contribution is 2.23. The van der Waals surface area contributed by atoms with Gasteiger partial charge in [0.2, 0.25) is 0 Å². The minimum absolute atomic E-state index is 0.558. The van der Waals surface area contributed by atoms with Crippen LogP contribution in [0.3, 0.4) is 0 Å². The van der Waals surface area contributed by atoms with Crippen molar-refractivity contribution in [3.8, 4) is 0 Å². The Balaban J connectivity index is 2.21. The van der Waals surface area contributed by atoms with Crippen molar-refractivity contribution >= 4 is 5.82 Å². The zero-order valence-corrected chi connectivity index (χ0v) is 13.0. The first-order chi connectivity index (χ1) is 9.02. The summed E-state index contributed by atoms with van der Waals surface area (Å²) in [5.41, 5.74) is 2.66. The Hall–Kier alpha value is -1.09. The van der Waals surface area contributed by atoms with E-state index in [1.54, 1.807) is 0 Å². The number of anilines is 1. The lowest BCUT2D eigenvalue weighted by Gasteiger charge is -2.38. The number of pyridine rings is 1. The van der Waals surface area contributed by atoms with Crippen LogP contribution in [0.4, 0.5) is 5.82 Å². The zero-order valence-electron chi connectivity index (χ0n) is 13.0. The lowest BCUT2D eigenvalue weighted by atomic mass is 10.00. The largest absolute Gasteiger partial charge is 0.354 e. The van der Waals surface area contributed by atoms with E-state index in [-0.39, 0.29) is 0 Å². The average molecular weight is 261 g/mol. The van der Waals surface area contributed by atoms with Crippen LogP contribution in [-0.4, -0.2) is 42.6 Å². The van der Waals surface area contributed by atoms with Gasteiger partial charge in [-0.3, -0.25) is 0 Å². The minimum Gasteiger partial charge on any atom is -0.354 e. The van der Waals surface area contributed by atoms with Gasteiger partial charge in [-0.2, -0.15) is 0 Å². The van der Waals surface area contributed by atoms with Gasteiger partial charge in [0, 0.05) is 31.4 Å². The quantitative estimate of drug-likeness (QED) is 0.834. The molecule has 1 atom stereocenters. The van der Waals surface area contributed by atoms with Crippen molar-refractivity contribution in [1.82, 2.24) is 9.88 Å². The molecule has 0 aliphatic carbocycles. The van der Waals surface area contributed by atoms with Crippen LogP contribution in [-0.2, 0) is 6.42 Å². The monoisotopic (exact) mass is 261 g/mol. The maximum atomic E-state index is 4.90. The van der Waals surface area contributed by atoms with E-state index in [9.17, 15) is 0 Å². The number of aryl methyl sites for hydroxylation is 1. The summed E-state index contributed by atoms with van der Waals surface area (Å²) in [6, 6.07) is 5.08. The molecule has 0 aromatic carbocycles. The van der Waals surface area contributed by atoms with Crippen LogP contribution < -0.4 is 4.90 Å². The van der Waals surface area contributed by atoms with E-state index < -0.39 is 0 Å². The topological polar surface area (TPSA) is 19.4 Å². The maximum Gasteiger partial charge on any atom is 0.128 e. The molecule has 0 saturated carbocycles. The fraction of sp³-hybridized carbons (Fsp3) is 0.688. The van der Waals surface area contributed by atoms with E-state index in [1.165, 1.54) is 11.3 Å². The van der Waals surface area contributed by atoms with Crippen molar-refractivity contribution < 1.29 is 0 Å². The predicted molar refractivity (Wildman–Crippen MR) is 82.0 cm³/mol. The first-order valence-electron chi connectivity index (χ1n) is 7.48. The number of piperazine rings is 1. The molecule has 19 heavy (non-hydrogen) atoms. The van der Waals surface area contributed by atoms with Gasteiger partial charge < -0.3 is 9.80 Å². The molecule has 1 unspecified atom stereocenters. The van der Waals surface area contributed by atoms with E-state index >= 15 is 0 Å². The molecule has 2 heterocycles. The van der Waals surface area contributed by atoms with Gasteiger partial charge in [0.15, 0.2) is 0 Å². The summed E-state index contributed by atoms with van der Waals surface area (Å²) in [5, 5.41) is 0. The molecule has 2 rings (SSSR count). The molecule has 106 valence electrons. The van der Waals surface area contributed by atoms with Gasteiger partial charge in [-0.25, -0.2) is 4.98 Å². The first kappa shape index (κ1) is 14.3. The van der Waals surface area contributed by atoms with Crippen LogP contribution in [0, 0.1) is 0 Å². The molecule has 3 heteroatoms. The van der Waals surface area contributed by atoms with Crippen LogP contribution in [0.25, 0.3) is 0 Å². The van der Waals surface area contributed by atoms with E-state index in [2.05, 4.69) is 56.7 Å². The third-order valence-corrected chi connectivity index (χ3v) is 4.24. The molecule has 1 aliphatic rings. The minimum atomic E-state index is 0.558. The fourth-order valence-corrected chi connectivity index (χ4v) is 2.74. The third-order valence-electron chi connectivity index (χ3n) is 4.24. The number of aromatic nitrogens is 1. The van der Waals surface area contributed by atoms with Gasteiger partial charge in [0.05, 0.1) is 0 Å². The Morgan fingerprint density at radius 1 is 1.32 bits per heavy atom. The van der Waals surface area contributed by atoms with Crippen LogP contribution in [0.2, 0.25) is 0 Å². The fourth-order valence-electron chi connectivity index (χ4n) is 2.74. The van der Waals surface area contributed by atoms with E-state index in [0.29, 0.717) is 12.0 Å². The number of rotatable bonds is 3. The number of likely N-dealkylation sites (N-methyl/N-ethyl adjacent to an activating group) is 1.